The standard InChI is InChI=1S/C13H16BrNO3/c14-8-9-4-6-15(7-5-9)13(18)12-10(16)2-1-3-11(12)17/h1-3,9,16-17H,4-8H2. The molecule has 1 fully saturated rings. The summed E-state index contributed by atoms with van der Waals surface area (Å²) in [4.78, 5) is 13.9. The molecule has 0 atom stereocenters. The Morgan fingerprint density at radius 3 is 2.33 bits per heavy atom. The zero-order chi connectivity index (χ0) is 13.1. The van der Waals surface area contributed by atoms with E-state index in [1.807, 2.05) is 0 Å². The zero-order valence-electron chi connectivity index (χ0n) is 9.97. The molecule has 1 saturated heterocycles. The summed E-state index contributed by atoms with van der Waals surface area (Å²) in [5.74, 6) is -0.0177. The Labute approximate surface area is 114 Å². The highest BCUT2D eigenvalue weighted by atomic mass is 79.9. The van der Waals surface area contributed by atoms with Crippen LogP contribution in [0.3, 0.4) is 0 Å². The Kier molecular flexibility index (Phi) is 4.11. The van der Waals surface area contributed by atoms with Crippen LogP contribution in [0.1, 0.15) is 23.2 Å². The Morgan fingerprint density at radius 2 is 1.83 bits per heavy atom. The Morgan fingerprint density at radius 1 is 1.28 bits per heavy atom. The number of alkyl halides is 1. The highest BCUT2D eigenvalue weighted by Gasteiger charge is 2.26. The molecule has 0 unspecified atom stereocenters. The van der Waals surface area contributed by atoms with Gasteiger partial charge in [0.1, 0.15) is 17.1 Å². The van der Waals surface area contributed by atoms with Gasteiger partial charge in [-0.25, -0.2) is 0 Å². The van der Waals surface area contributed by atoms with Crippen LogP contribution >= 0.6 is 15.9 Å². The van der Waals surface area contributed by atoms with Gasteiger partial charge in [-0.1, -0.05) is 22.0 Å². The van der Waals surface area contributed by atoms with Gasteiger partial charge in [-0.05, 0) is 30.9 Å². The highest BCUT2D eigenvalue weighted by molar-refractivity contribution is 9.09. The van der Waals surface area contributed by atoms with Crippen LogP contribution in [0.15, 0.2) is 18.2 Å². The van der Waals surface area contributed by atoms with Crippen LogP contribution in [-0.4, -0.2) is 39.4 Å². The molecule has 1 aliphatic rings. The predicted octanol–water partition coefficient (Wildman–Crippen LogP) is 2.34. The van der Waals surface area contributed by atoms with Gasteiger partial charge in [0, 0.05) is 18.4 Å². The van der Waals surface area contributed by atoms with E-state index in [0.29, 0.717) is 19.0 Å². The van der Waals surface area contributed by atoms with E-state index in [9.17, 15) is 15.0 Å². The molecule has 0 radical (unpaired) electrons. The van der Waals surface area contributed by atoms with Crippen LogP contribution in [0.2, 0.25) is 0 Å². The molecule has 1 aromatic rings. The number of nitrogens with zero attached hydrogens (tertiary/aromatic N) is 1. The Balaban J connectivity index is 2.13. The number of carbonyl (C=O) groups is 1. The van der Waals surface area contributed by atoms with E-state index < -0.39 is 0 Å². The maximum absolute atomic E-state index is 12.2. The van der Waals surface area contributed by atoms with E-state index in [2.05, 4.69) is 15.9 Å². The number of benzene rings is 1. The third-order valence-corrected chi connectivity index (χ3v) is 4.27. The quantitative estimate of drug-likeness (QED) is 0.824. The predicted molar refractivity (Wildman–Crippen MR) is 72.2 cm³/mol. The van der Waals surface area contributed by atoms with Crippen LogP contribution in [0.5, 0.6) is 11.5 Å². The Bertz CT molecular complexity index is 422. The number of amides is 1. The molecule has 5 heteroatoms. The number of hydrogen-bond donors (Lipinski definition) is 2. The van der Waals surface area contributed by atoms with Gasteiger partial charge in [-0.2, -0.15) is 0 Å². The molecule has 0 aromatic heterocycles. The molecule has 0 aliphatic carbocycles. The van der Waals surface area contributed by atoms with Gasteiger partial charge in [0.2, 0.25) is 0 Å². The molecule has 18 heavy (non-hydrogen) atoms. The van der Waals surface area contributed by atoms with Crippen LogP contribution in [0.4, 0.5) is 0 Å². The fraction of sp³-hybridized carbons (Fsp3) is 0.462. The molecule has 2 rings (SSSR count). The lowest BCUT2D eigenvalue weighted by atomic mass is 9.98. The normalized spacial score (nSPS) is 16.8. The van der Waals surface area contributed by atoms with Gasteiger partial charge in [0.25, 0.3) is 5.91 Å². The Hall–Kier alpha value is -1.23. The number of aromatic hydroxyl groups is 2. The summed E-state index contributed by atoms with van der Waals surface area (Å²) in [6, 6.07) is 4.34. The second-order valence-corrected chi connectivity index (χ2v) is 5.21. The molecule has 1 amide bonds. The summed E-state index contributed by atoms with van der Waals surface area (Å²) in [5.41, 5.74) is 0.00907. The van der Waals surface area contributed by atoms with Gasteiger partial charge in [0.15, 0.2) is 0 Å². The van der Waals surface area contributed by atoms with Crippen LogP contribution in [0.25, 0.3) is 0 Å². The summed E-state index contributed by atoms with van der Waals surface area (Å²) >= 11 is 3.45. The van der Waals surface area contributed by atoms with Crippen molar-refractivity contribution in [2.45, 2.75) is 12.8 Å². The van der Waals surface area contributed by atoms with Crippen molar-refractivity contribution < 1.29 is 15.0 Å². The van der Waals surface area contributed by atoms with E-state index in [0.717, 1.165) is 18.2 Å². The van der Waals surface area contributed by atoms with Gasteiger partial charge in [0.05, 0.1) is 0 Å². The lowest BCUT2D eigenvalue weighted by Gasteiger charge is -2.31. The number of piperidine rings is 1. The number of phenols is 2. The molecular formula is C13H16BrNO3. The van der Waals surface area contributed by atoms with E-state index in [-0.39, 0.29) is 23.0 Å². The third-order valence-electron chi connectivity index (χ3n) is 3.35. The van der Waals surface area contributed by atoms with Crippen molar-refractivity contribution in [3.05, 3.63) is 23.8 Å². The average molecular weight is 314 g/mol. The lowest BCUT2D eigenvalue weighted by molar-refractivity contribution is 0.0693. The van der Waals surface area contributed by atoms with E-state index in [1.54, 1.807) is 4.90 Å². The lowest BCUT2D eigenvalue weighted by Crippen LogP contribution is -2.38. The molecule has 4 nitrogen and oxygen atoms in total. The van der Waals surface area contributed by atoms with Crippen molar-refractivity contribution >= 4 is 21.8 Å². The van der Waals surface area contributed by atoms with E-state index in [1.165, 1.54) is 18.2 Å². The van der Waals surface area contributed by atoms with Crippen molar-refractivity contribution in [2.24, 2.45) is 5.92 Å². The first kappa shape index (κ1) is 13.2. The van der Waals surface area contributed by atoms with Crippen LogP contribution in [-0.2, 0) is 0 Å². The van der Waals surface area contributed by atoms with Crippen molar-refractivity contribution in [1.29, 1.82) is 0 Å². The zero-order valence-corrected chi connectivity index (χ0v) is 11.6. The van der Waals surface area contributed by atoms with Crippen LogP contribution in [0, 0.1) is 5.92 Å². The topological polar surface area (TPSA) is 60.8 Å². The number of rotatable bonds is 2. The summed E-state index contributed by atoms with van der Waals surface area (Å²) in [6.07, 6.45) is 1.90. The number of halogens is 1. The molecule has 1 aliphatic heterocycles. The molecule has 1 heterocycles. The van der Waals surface area contributed by atoms with Gasteiger partial charge in [-0.3, -0.25) is 4.79 Å². The minimum absolute atomic E-state index is 0.00907. The first-order valence-electron chi connectivity index (χ1n) is 5.99. The fourth-order valence-electron chi connectivity index (χ4n) is 2.20. The minimum Gasteiger partial charge on any atom is -0.507 e. The number of carbonyl (C=O) groups excluding carboxylic acids is 1. The van der Waals surface area contributed by atoms with Crippen molar-refractivity contribution in [3.8, 4) is 11.5 Å². The molecule has 98 valence electrons. The third kappa shape index (κ3) is 2.61. The van der Waals surface area contributed by atoms with Crippen molar-refractivity contribution in [2.75, 3.05) is 18.4 Å². The fourth-order valence-corrected chi connectivity index (χ4v) is 2.84. The summed E-state index contributed by atoms with van der Waals surface area (Å²) in [7, 11) is 0. The largest absolute Gasteiger partial charge is 0.507 e. The molecule has 0 spiro atoms. The molecule has 0 saturated carbocycles. The first-order chi connectivity index (χ1) is 8.63. The second-order valence-electron chi connectivity index (χ2n) is 4.56. The van der Waals surface area contributed by atoms with E-state index >= 15 is 0 Å². The number of hydrogen-bond acceptors (Lipinski definition) is 3. The number of phenolic OH excluding ortho intramolecular Hbond substituents is 2. The first-order valence-corrected chi connectivity index (χ1v) is 7.11. The second kappa shape index (κ2) is 5.61. The van der Waals surface area contributed by atoms with Crippen molar-refractivity contribution in [3.63, 3.8) is 0 Å². The summed E-state index contributed by atoms with van der Waals surface area (Å²) in [5, 5.41) is 20.3. The monoisotopic (exact) mass is 313 g/mol. The van der Waals surface area contributed by atoms with Crippen LogP contribution < -0.4 is 0 Å². The maximum atomic E-state index is 12.2. The molecule has 0 bridgehead atoms. The smallest absolute Gasteiger partial charge is 0.261 e. The van der Waals surface area contributed by atoms with Crippen molar-refractivity contribution in [1.82, 2.24) is 4.90 Å². The molecule has 2 N–H and O–H groups in total. The van der Waals surface area contributed by atoms with E-state index in [4.69, 9.17) is 0 Å². The minimum atomic E-state index is -0.293. The van der Waals surface area contributed by atoms with Gasteiger partial charge in [-0.15, -0.1) is 0 Å². The van der Waals surface area contributed by atoms with Gasteiger partial charge >= 0.3 is 0 Å². The SMILES string of the molecule is O=C(c1c(O)cccc1O)N1CCC(CBr)CC1. The average Bonchev–Trinajstić information content (AvgIpc) is 2.38. The maximum Gasteiger partial charge on any atom is 0.261 e. The highest BCUT2D eigenvalue weighted by Crippen LogP contribution is 2.29. The molecule has 1 aromatic carbocycles. The molecular weight excluding hydrogens is 298 g/mol. The summed E-state index contributed by atoms with van der Waals surface area (Å²) < 4.78 is 0. The van der Waals surface area contributed by atoms with Gasteiger partial charge < -0.3 is 15.1 Å². The summed E-state index contributed by atoms with van der Waals surface area (Å²) in [6.45, 7) is 1.34. The number of likely N-dealkylation sites (tertiary alicyclic amines) is 1.